The quantitative estimate of drug-likeness (QED) is 0.667. The number of nitrogens with one attached hydrogen (secondary N) is 1. The van der Waals surface area contributed by atoms with Gasteiger partial charge in [-0.3, -0.25) is 4.79 Å². The van der Waals surface area contributed by atoms with E-state index in [4.69, 9.17) is 9.84 Å². The molecule has 98 valence electrons. The smallest absolute Gasteiger partial charge is 0.326 e. The number of nitrogens with zero attached hydrogens (tertiary/aromatic N) is 2. The zero-order valence-electron chi connectivity index (χ0n) is 10.00. The Hall–Kier alpha value is -2.02. The van der Waals surface area contributed by atoms with Crippen LogP contribution in [0.4, 0.5) is 0 Å². The van der Waals surface area contributed by atoms with E-state index < -0.39 is 17.9 Å². The van der Waals surface area contributed by atoms with Crippen LogP contribution in [0.3, 0.4) is 0 Å². The van der Waals surface area contributed by atoms with Crippen LogP contribution in [0.5, 0.6) is 0 Å². The first-order valence-electron chi connectivity index (χ1n) is 5.42. The highest BCUT2D eigenvalue weighted by atomic mass is 16.5. The molecule has 1 rings (SSSR count). The van der Waals surface area contributed by atoms with E-state index in [9.17, 15) is 9.59 Å². The molecule has 7 heteroatoms. The third-order valence-electron chi connectivity index (χ3n) is 2.27. The molecule has 0 bridgehead atoms. The van der Waals surface area contributed by atoms with Crippen LogP contribution in [0.1, 0.15) is 23.2 Å². The average molecular weight is 253 g/mol. The summed E-state index contributed by atoms with van der Waals surface area (Å²) in [7, 11) is 1.54. The van der Waals surface area contributed by atoms with Crippen molar-refractivity contribution in [1.82, 2.24) is 15.3 Å². The van der Waals surface area contributed by atoms with Crippen molar-refractivity contribution >= 4 is 11.9 Å². The van der Waals surface area contributed by atoms with Crippen LogP contribution in [0, 0.1) is 0 Å². The molecule has 0 aliphatic rings. The van der Waals surface area contributed by atoms with Gasteiger partial charge in [-0.25, -0.2) is 14.8 Å². The van der Waals surface area contributed by atoms with Crippen molar-refractivity contribution in [1.29, 1.82) is 0 Å². The highest BCUT2D eigenvalue weighted by Crippen LogP contribution is 2.01. The summed E-state index contributed by atoms with van der Waals surface area (Å²) in [5, 5.41) is 11.4. The van der Waals surface area contributed by atoms with Crippen LogP contribution in [-0.4, -0.2) is 46.7 Å². The van der Waals surface area contributed by atoms with Crippen LogP contribution in [0.15, 0.2) is 18.7 Å². The summed E-state index contributed by atoms with van der Waals surface area (Å²) in [6.07, 6.45) is 4.82. The maximum absolute atomic E-state index is 11.7. The second-order valence-electron chi connectivity index (χ2n) is 3.63. The lowest BCUT2D eigenvalue weighted by Crippen LogP contribution is -2.41. The summed E-state index contributed by atoms with van der Waals surface area (Å²) in [6.45, 7) is 0.452. The van der Waals surface area contributed by atoms with Crippen molar-refractivity contribution in [2.24, 2.45) is 0 Å². The fourth-order valence-electron chi connectivity index (χ4n) is 1.35. The number of aromatic nitrogens is 2. The van der Waals surface area contributed by atoms with Gasteiger partial charge in [0.15, 0.2) is 0 Å². The van der Waals surface area contributed by atoms with Gasteiger partial charge in [0.25, 0.3) is 5.91 Å². The highest BCUT2D eigenvalue weighted by molar-refractivity contribution is 5.95. The van der Waals surface area contributed by atoms with Gasteiger partial charge in [0, 0.05) is 26.1 Å². The number of rotatable bonds is 7. The van der Waals surface area contributed by atoms with E-state index in [-0.39, 0.29) is 5.56 Å². The van der Waals surface area contributed by atoms with E-state index in [0.29, 0.717) is 19.4 Å². The molecule has 1 aromatic rings. The standard InChI is InChI=1S/C11H15N3O4/c1-18-4-2-3-9(11(16)17)14-10(15)8-5-12-7-13-6-8/h5-7,9H,2-4H2,1H3,(H,14,15)(H,16,17). The first-order chi connectivity index (χ1) is 8.65. The molecule has 0 fully saturated rings. The monoisotopic (exact) mass is 253 g/mol. The molecule has 0 aromatic carbocycles. The lowest BCUT2D eigenvalue weighted by atomic mass is 10.1. The Labute approximate surface area is 104 Å². The Morgan fingerprint density at radius 2 is 2.11 bits per heavy atom. The molecular weight excluding hydrogens is 238 g/mol. The molecule has 0 radical (unpaired) electrons. The van der Waals surface area contributed by atoms with Crippen molar-refractivity contribution in [3.8, 4) is 0 Å². The van der Waals surface area contributed by atoms with E-state index in [0.717, 1.165) is 0 Å². The second kappa shape index (κ2) is 7.33. The maximum atomic E-state index is 11.7. The summed E-state index contributed by atoms with van der Waals surface area (Å²) in [4.78, 5) is 30.1. The summed E-state index contributed by atoms with van der Waals surface area (Å²) in [5.74, 6) is -1.57. The minimum absolute atomic E-state index is 0.232. The summed E-state index contributed by atoms with van der Waals surface area (Å²) >= 11 is 0. The van der Waals surface area contributed by atoms with Crippen LogP contribution >= 0.6 is 0 Å². The van der Waals surface area contributed by atoms with Crippen LogP contribution in [0.2, 0.25) is 0 Å². The SMILES string of the molecule is COCCCC(NC(=O)c1cncnc1)C(=O)O. The van der Waals surface area contributed by atoms with Crippen molar-refractivity contribution in [3.05, 3.63) is 24.3 Å². The van der Waals surface area contributed by atoms with E-state index in [2.05, 4.69) is 15.3 Å². The summed E-state index contributed by atoms with van der Waals surface area (Å²) in [6, 6.07) is -0.937. The van der Waals surface area contributed by atoms with Gasteiger partial charge in [-0.05, 0) is 12.8 Å². The van der Waals surface area contributed by atoms with Gasteiger partial charge in [0.1, 0.15) is 12.4 Å². The zero-order valence-corrected chi connectivity index (χ0v) is 10.00. The minimum atomic E-state index is -1.07. The minimum Gasteiger partial charge on any atom is -0.480 e. The number of ether oxygens (including phenoxy) is 1. The van der Waals surface area contributed by atoms with E-state index in [1.165, 1.54) is 25.8 Å². The number of methoxy groups -OCH3 is 1. The number of amides is 1. The molecule has 7 nitrogen and oxygen atoms in total. The molecule has 18 heavy (non-hydrogen) atoms. The summed E-state index contributed by atoms with van der Waals surface area (Å²) < 4.78 is 4.84. The van der Waals surface area contributed by atoms with Crippen LogP contribution in [-0.2, 0) is 9.53 Å². The van der Waals surface area contributed by atoms with E-state index in [1.807, 2.05) is 0 Å². The number of carboxylic acids is 1. The van der Waals surface area contributed by atoms with Crippen LogP contribution in [0.25, 0.3) is 0 Å². The maximum Gasteiger partial charge on any atom is 0.326 e. The highest BCUT2D eigenvalue weighted by Gasteiger charge is 2.20. The molecule has 0 aliphatic carbocycles. The fourth-order valence-corrected chi connectivity index (χ4v) is 1.35. The van der Waals surface area contributed by atoms with Crippen molar-refractivity contribution in [3.63, 3.8) is 0 Å². The second-order valence-corrected chi connectivity index (χ2v) is 3.63. The Morgan fingerprint density at radius 3 is 2.67 bits per heavy atom. The molecule has 1 heterocycles. The Bertz CT molecular complexity index is 397. The number of aliphatic carboxylic acids is 1. The number of hydrogen-bond donors (Lipinski definition) is 2. The lowest BCUT2D eigenvalue weighted by Gasteiger charge is -2.13. The molecule has 0 saturated heterocycles. The van der Waals surface area contributed by atoms with Crippen molar-refractivity contribution in [2.45, 2.75) is 18.9 Å². The van der Waals surface area contributed by atoms with Gasteiger partial charge < -0.3 is 15.2 Å². The molecule has 1 amide bonds. The van der Waals surface area contributed by atoms with E-state index >= 15 is 0 Å². The normalized spacial score (nSPS) is 11.8. The average Bonchev–Trinajstić information content (AvgIpc) is 2.38. The molecule has 1 aromatic heterocycles. The predicted octanol–water partition coefficient (Wildman–Crippen LogP) is 0.0862. The van der Waals surface area contributed by atoms with Gasteiger partial charge in [0.05, 0.1) is 5.56 Å². The molecule has 1 atom stereocenters. The third-order valence-corrected chi connectivity index (χ3v) is 2.27. The first kappa shape index (κ1) is 14.0. The number of carboxylic acid groups (broad SMARTS) is 1. The third kappa shape index (κ3) is 4.46. The predicted molar refractivity (Wildman–Crippen MR) is 62.0 cm³/mol. The van der Waals surface area contributed by atoms with Gasteiger partial charge >= 0.3 is 5.97 Å². The molecule has 0 aliphatic heterocycles. The largest absolute Gasteiger partial charge is 0.480 e. The van der Waals surface area contributed by atoms with Crippen molar-refractivity contribution < 1.29 is 19.4 Å². The van der Waals surface area contributed by atoms with Crippen LogP contribution < -0.4 is 5.32 Å². The van der Waals surface area contributed by atoms with E-state index in [1.54, 1.807) is 0 Å². The first-order valence-corrected chi connectivity index (χ1v) is 5.42. The van der Waals surface area contributed by atoms with Gasteiger partial charge in [-0.1, -0.05) is 0 Å². The topological polar surface area (TPSA) is 101 Å². The Morgan fingerprint density at radius 1 is 1.44 bits per heavy atom. The van der Waals surface area contributed by atoms with Gasteiger partial charge in [0.2, 0.25) is 0 Å². The molecule has 1 unspecified atom stereocenters. The number of carbonyl (C=O) groups excluding carboxylic acids is 1. The lowest BCUT2D eigenvalue weighted by molar-refractivity contribution is -0.139. The molecule has 2 N–H and O–H groups in total. The van der Waals surface area contributed by atoms with Gasteiger partial charge in [-0.2, -0.15) is 0 Å². The molecule has 0 saturated carbocycles. The van der Waals surface area contributed by atoms with Crippen molar-refractivity contribution in [2.75, 3.05) is 13.7 Å². The zero-order chi connectivity index (χ0) is 13.4. The fraction of sp³-hybridized carbons (Fsp3) is 0.455. The molecule has 0 spiro atoms. The number of hydrogen-bond acceptors (Lipinski definition) is 5. The summed E-state index contributed by atoms with van der Waals surface area (Å²) in [5.41, 5.74) is 0.232. The number of carbonyl (C=O) groups is 2. The Balaban J connectivity index is 2.55. The van der Waals surface area contributed by atoms with Gasteiger partial charge in [-0.15, -0.1) is 0 Å². The molecular formula is C11H15N3O4. The Kier molecular flexibility index (Phi) is 5.72.